The Labute approximate surface area is 111 Å². The summed E-state index contributed by atoms with van der Waals surface area (Å²) in [6, 6.07) is 5.55. The highest BCUT2D eigenvalue weighted by Gasteiger charge is 2.11. The smallest absolute Gasteiger partial charge is 0.348 e. The highest BCUT2D eigenvalue weighted by atomic mass is 127. The van der Waals surface area contributed by atoms with Crippen molar-refractivity contribution in [3.8, 4) is 0 Å². The van der Waals surface area contributed by atoms with Crippen molar-refractivity contribution in [3.05, 3.63) is 30.9 Å². The number of hydrogen-bond acceptors (Lipinski definition) is 2. The predicted octanol–water partition coefficient (Wildman–Crippen LogP) is 3.40. The van der Waals surface area contributed by atoms with Crippen LogP contribution in [0.1, 0.15) is 10.4 Å². The van der Waals surface area contributed by atoms with E-state index in [9.17, 15) is 4.79 Å². The van der Waals surface area contributed by atoms with Crippen molar-refractivity contribution < 1.29 is 7.86 Å². The molecule has 0 aliphatic carbocycles. The van der Waals surface area contributed by atoms with Gasteiger partial charge in [-0.05, 0) is 57.3 Å². The molecule has 1 aromatic carbocycles. The average Bonchev–Trinajstić information content (AvgIpc) is 2.08. The summed E-state index contributed by atoms with van der Waals surface area (Å²) >= 11 is 5.90. The molecule has 12 heavy (non-hydrogen) atoms. The Morgan fingerprint density at radius 3 is 2.58 bits per heavy atom. The van der Waals surface area contributed by atoms with Crippen molar-refractivity contribution in [3.63, 3.8) is 0 Å². The SMILES string of the molecule is O=C(OI)c1cccc(I)c1I. The fraction of sp³-hybridized carbons (Fsp3) is 0. The topological polar surface area (TPSA) is 26.3 Å². The average molecular weight is 500 g/mol. The van der Waals surface area contributed by atoms with E-state index in [1.807, 2.05) is 12.1 Å². The van der Waals surface area contributed by atoms with Crippen molar-refractivity contribution in [2.75, 3.05) is 0 Å². The Bertz CT molecular complexity index is 312. The van der Waals surface area contributed by atoms with Crippen LogP contribution >= 0.6 is 68.2 Å². The van der Waals surface area contributed by atoms with Crippen LogP contribution in [0.5, 0.6) is 0 Å². The van der Waals surface area contributed by atoms with Crippen LogP contribution in [0.2, 0.25) is 0 Å². The van der Waals surface area contributed by atoms with Gasteiger partial charge in [0.2, 0.25) is 0 Å². The first-order valence-electron chi connectivity index (χ1n) is 2.93. The predicted molar refractivity (Wildman–Crippen MR) is 71.3 cm³/mol. The highest BCUT2D eigenvalue weighted by Crippen LogP contribution is 2.20. The molecule has 5 heteroatoms. The lowest BCUT2D eigenvalue weighted by Crippen LogP contribution is -2.01. The van der Waals surface area contributed by atoms with Gasteiger partial charge in [-0.1, -0.05) is 6.07 Å². The molecule has 0 saturated heterocycles. The minimum atomic E-state index is -0.293. The van der Waals surface area contributed by atoms with E-state index in [2.05, 4.69) is 48.2 Å². The molecule has 0 saturated carbocycles. The lowest BCUT2D eigenvalue weighted by atomic mass is 10.2. The summed E-state index contributed by atoms with van der Waals surface area (Å²) in [6.45, 7) is 0. The van der Waals surface area contributed by atoms with Crippen molar-refractivity contribution in [2.45, 2.75) is 0 Å². The van der Waals surface area contributed by atoms with Gasteiger partial charge in [-0.2, -0.15) is 0 Å². The van der Waals surface area contributed by atoms with Gasteiger partial charge in [-0.25, -0.2) is 4.79 Å². The molecule has 0 spiro atoms. The molecule has 0 atom stereocenters. The molecular weight excluding hydrogens is 497 g/mol. The van der Waals surface area contributed by atoms with Crippen molar-refractivity contribution in [1.82, 2.24) is 0 Å². The second-order valence-electron chi connectivity index (χ2n) is 1.97. The molecule has 64 valence electrons. The largest absolute Gasteiger partial charge is 0.391 e. The number of rotatable bonds is 1. The van der Waals surface area contributed by atoms with Gasteiger partial charge in [-0.3, -0.25) is 0 Å². The fourth-order valence-electron chi connectivity index (χ4n) is 0.703. The van der Waals surface area contributed by atoms with E-state index < -0.39 is 0 Å². The molecule has 0 bridgehead atoms. The molecule has 0 aromatic heterocycles. The monoisotopic (exact) mass is 500 g/mol. The minimum Gasteiger partial charge on any atom is -0.391 e. The summed E-state index contributed by atoms with van der Waals surface area (Å²) in [7, 11) is 0. The van der Waals surface area contributed by atoms with Crippen LogP contribution in [0.3, 0.4) is 0 Å². The van der Waals surface area contributed by atoms with E-state index in [1.54, 1.807) is 29.1 Å². The maximum Gasteiger partial charge on any atom is 0.348 e. The Morgan fingerprint density at radius 1 is 1.33 bits per heavy atom. The molecule has 0 unspecified atom stereocenters. The molecule has 0 heterocycles. The maximum atomic E-state index is 11.1. The molecule has 0 aliphatic rings. The Hall–Kier alpha value is 0.880. The Kier molecular flexibility index (Phi) is 4.51. The van der Waals surface area contributed by atoms with Crippen molar-refractivity contribution in [1.29, 1.82) is 0 Å². The third-order valence-electron chi connectivity index (χ3n) is 1.24. The van der Waals surface area contributed by atoms with E-state index in [0.29, 0.717) is 5.56 Å². The third-order valence-corrected chi connectivity index (χ3v) is 4.73. The van der Waals surface area contributed by atoms with Gasteiger partial charge in [0.1, 0.15) is 0 Å². The van der Waals surface area contributed by atoms with Gasteiger partial charge in [0.05, 0.1) is 5.56 Å². The molecule has 1 rings (SSSR count). The van der Waals surface area contributed by atoms with Gasteiger partial charge in [0.15, 0.2) is 23.0 Å². The Balaban J connectivity index is 3.16. The lowest BCUT2D eigenvalue weighted by Gasteiger charge is -2.01. The van der Waals surface area contributed by atoms with Crippen molar-refractivity contribution >= 4 is 74.2 Å². The Morgan fingerprint density at radius 2 is 2.00 bits per heavy atom. The molecule has 0 aliphatic heterocycles. The molecule has 0 N–H and O–H groups in total. The summed E-state index contributed by atoms with van der Waals surface area (Å²) in [4.78, 5) is 11.1. The molecule has 0 radical (unpaired) electrons. The third kappa shape index (κ3) is 2.44. The van der Waals surface area contributed by atoms with Gasteiger partial charge < -0.3 is 3.07 Å². The van der Waals surface area contributed by atoms with Crippen LogP contribution in [-0.4, -0.2) is 5.97 Å². The van der Waals surface area contributed by atoms with Crippen molar-refractivity contribution in [2.24, 2.45) is 0 Å². The van der Waals surface area contributed by atoms with Gasteiger partial charge in [0.25, 0.3) is 0 Å². The summed E-state index contributed by atoms with van der Waals surface area (Å²) < 4.78 is 6.60. The highest BCUT2D eigenvalue weighted by molar-refractivity contribution is 14.1. The second kappa shape index (κ2) is 4.94. The van der Waals surface area contributed by atoms with Crippen LogP contribution in [-0.2, 0) is 3.07 Å². The number of benzene rings is 1. The van der Waals surface area contributed by atoms with Gasteiger partial charge in [0, 0.05) is 7.14 Å². The zero-order valence-corrected chi connectivity index (χ0v) is 12.2. The quantitative estimate of drug-likeness (QED) is 0.554. The molecule has 0 amide bonds. The van der Waals surface area contributed by atoms with E-state index in [4.69, 9.17) is 0 Å². The summed E-state index contributed by atoms with van der Waals surface area (Å²) in [5, 5.41) is 0. The fourth-order valence-corrected chi connectivity index (χ4v) is 2.02. The van der Waals surface area contributed by atoms with Gasteiger partial charge in [-0.15, -0.1) is 0 Å². The molecule has 2 nitrogen and oxygen atoms in total. The van der Waals surface area contributed by atoms with Crippen LogP contribution in [0.15, 0.2) is 18.2 Å². The summed E-state index contributed by atoms with van der Waals surface area (Å²) in [6.07, 6.45) is 0. The summed E-state index contributed by atoms with van der Waals surface area (Å²) in [5.41, 5.74) is 0.622. The molecule has 1 aromatic rings. The lowest BCUT2D eigenvalue weighted by molar-refractivity contribution is 0.0799. The first-order valence-corrected chi connectivity index (χ1v) is 5.97. The van der Waals surface area contributed by atoms with E-state index >= 15 is 0 Å². The van der Waals surface area contributed by atoms with Crippen LogP contribution in [0.25, 0.3) is 0 Å². The zero-order chi connectivity index (χ0) is 9.14. The maximum absolute atomic E-state index is 11.1. The van der Waals surface area contributed by atoms with Crippen LogP contribution in [0, 0.1) is 7.14 Å². The summed E-state index contributed by atoms with van der Waals surface area (Å²) in [5.74, 6) is -0.293. The van der Waals surface area contributed by atoms with E-state index in [-0.39, 0.29) is 5.97 Å². The number of carbonyl (C=O) groups excluding carboxylic acids is 1. The number of halogens is 3. The van der Waals surface area contributed by atoms with Crippen LogP contribution < -0.4 is 0 Å². The molecule has 0 fully saturated rings. The second-order valence-corrected chi connectivity index (χ2v) is 4.65. The van der Waals surface area contributed by atoms with Crippen LogP contribution in [0.4, 0.5) is 0 Å². The van der Waals surface area contributed by atoms with E-state index in [1.165, 1.54) is 0 Å². The van der Waals surface area contributed by atoms with E-state index in [0.717, 1.165) is 7.14 Å². The first-order chi connectivity index (χ1) is 5.66. The number of hydrogen-bond donors (Lipinski definition) is 0. The normalized spacial score (nSPS) is 9.58. The first kappa shape index (κ1) is 11.0. The number of carbonyl (C=O) groups is 1. The standard InChI is InChI=1S/C7H3I3O2/c8-5-3-1-2-4(6(5)9)7(11)12-10/h1-3H. The molecular formula is C7H3I3O2. The zero-order valence-electron chi connectivity index (χ0n) is 5.68. The minimum absolute atomic E-state index is 0.293. The van der Waals surface area contributed by atoms with Gasteiger partial charge >= 0.3 is 5.97 Å².